The largest absolute Gasteiger partial charge is 0.364 e. The monoisotopic (exact) mass is 161 g/mol. The zero-order chi connectivity index (χ0) is 8.02. The van der Waals surface area contributed by atoms with Crippen LogP contribution in [0.5, 0.6) is 0 Å². The van der Waals surface area contributed by atoms with E-state index in [1.54, 1.807) is 0 Å². The Morgan fingerprint density at radius 1 is 1.50 bits per heavy atom. The summed E-state index contributed by atoms with van der Waals surface area (Å²) >= 11 is 0. The molecule has 2 aliphatic rings. The molecule has 0 N–H and O–H groups in total. The van der Waals surface area contributed by atoms with Crippen LogP contribution in [0.4, 0.5) is 0 Å². The van der Waals surface area contributed by atoms with Crippen LogP contribution in [0.3, 0.4) is 0 Å². The number of pyridine rings is 1. The van der Waals surface area contributed by atoms with E-state index in [4.69, 9.17) is 4.74 Å². The second kappa shape index (κ2) is 2.07. The van der Waals surface area contributed by atoms with Crippen molar-refractivity contribution >= 4 is 0 Å². The summed E-state index contributed by atoms with van der Waals surface area (Å²) in [6.45, 7) is 0.908. The first-order valence-corrected chi connectivity index (χ1v) is 4.49. The molecule has 2 heteroatoms. The minimum atomic E-state index is 0.0991. The second-order valence-electron chi connectivity index (χ2n) is 3.63. The number of ether oxygens (including phenoxy) is 1. The van der Waals surface area contributed by atoms with Crippen molar-refractivity contribution in [2.75, 3.05) is 6.61 Å². The number of nitrogens with zero attached hydrogens (tertiary/aromatic N) is 1. The number of epoxide rings is 1. The molecular weight excluding hydrogens is 150 g/mol. The van der Waals surface area contributed by atoms with Gasteiger partial charge in [-0.2, -0.15) is 0 Å². The van der Waals surface area contributed by atoms with Crippen molar-refractivity contribution in [2.24, 2.45) is 0 Å². The van der Waals surface area contributed by atoms with Crippen molar-refractivity contribution in [3.05, 3.63) is 29.6 Å². The molecule has 1 unspecified atom stereocenters. The minimum absolute atomic E-state index is 0.0991. The fourth-order valence-corrected chi connectivity index (χ4v) is 2.12. The van der Waals surface area contributed by atoms with Gasteiger partial charge in [0.1, 0.15) is 5.60 Å². The molecule has 2 heterocycles. The predicted molar refractivity (Wildman–Crippen MR) is 44.8 cm³/mol. The van der Waals surface area contributed by atoms with Crippen molar-refractivity contribution in [3.8, 4) is 0 Å². The summed E-state index contributed by atoms with van der Waals surface area (Å²) in [5.74, 6) is 0. The van der Waals surface area contributed by atoms with Gasteiger partial charge in [0.05, 0.1) is 6.61 Å². The minimum Gasteiger partial charge on any atom is -0.364 e. The summed E-state index contributed by atoms with van der Waals surface area (Å²) in [5, 5.41) is 0. The molecule has 1 aliphatic carbocycles. The van der Waals surface area contributed by atoms with Gasteiger partial charge in [0.15, 0.2) is 0 Å². The summed E-state index contributed by atoms with van der Waals surface area (Å²) in [7, 11) is 0. The van der Waals surface area contributed by atoms with Crippen LogP contribution in [-0.2, 0) is 16.8 Å². The highest BCUT2D eigenvalue weighted by atomic mass is 16.6. The van der Waals surface area contributed by atoms with E-state index in [0.29, 0.717) is 0 Å². The Morgan fingerprint density at radius 3 is 3.25 bits per heavy atom. The van der Waals surface area contributed by atoms with Crippen LogP contribution in [0.1, 0.15) is 24.1 Å². The van der Waals surface area contributed by atoms with Crippen molar-refractivity contribution in [2.45, 2.75) is 24.9 Å². The van der Waals surface area contributed by atoms with E-state index in [1.165, 1.54) is 24.1 Å². The molecule has 1 aromatic heterocycles. The van der Waals surface area contributed by atoms with Gasteiger partial charge in [0.25, 0.3) is 0 Å². The predicted octanol–water partition coefficient (Wildman–Crippen LogP) is 1.64. The van der Waals surface area contributed by atoms with E-state index in [2.05, 4.69) is 11.1 Å². The van der Waals surface area contributed by atoms with E-state index in [9.17, 15) is 0 Å². The molecule has 0 amide bonds. The molecule has 0 aromatic carbocycles. The van der Waals surface area contributed by atoms with Crippen LogP contribution in [0.25, 0.3) is 0 Å². The third-order valence-electron chi connectivity index (χ3n) is 2.87. The first-order chi connectivity index (χ1) is 5.91. The van der Waals surface area contributed by atoms with Crippen molar-refractivity contribution in [1.82, 2.24) is 4.98 Å². The maximum atomic E-state index is 5.52. The van der Waals surface area contributed by atoms with Crippen LogP contribution in [0.15, 0.2) is 18.3 Å². The van der Waals surface area contributed by atoms with Gasteiger partial charge in [-0.1, -0.05) is 6.07 Å². The first kappa shape index (κ1) is 6.61. The van der Waals surface area contributed by atoms with E-state index >= 15 is 0 Å². The fourth-order valence-electron chi connectivity index (χ4n) is 2.12. The first-order valence-electron chi connectivity index (χ1n) is 4.49. The summed E-state index contributed by atoms with van der Waals surface area (Å²) < 4.78 is 5.52. The highest BCUT2D eigenvalue weighted by Gasteiger charge is 2.49. The van der Waals surface area contributed by atoms with E-state index in [1.807, 2.05) is 12.3 Å². The Morgan fingerprint density at radius 2 is 2.42 bits per heavy atom. The average molecular weight is 161 g/mol. The molecule has 1 fully saturated rings. The van der Waals surface area contributed by atoms with Gasteiger partial charge >= 0.3 is 0 Å². The van der Waals surface area contributed by atoms with Crippen LogP contribution < -0.4 is 0 Å². The Balaban J connectivity index is 2.16. The van der Waals surface area contributed by atoms with Crippen molar-refractivity contribution in [1.29, 1.82) is 0 Å². The molecule has 2 nitrogen and oxygen atoms in total. The van der Waals surface area contributed by atoms with Crippen molar-refractivity contribution < 1.29 is 4.74 Å². The molecule has 1 saturated heterocycles. The number of hydrogen-bond acceptors (Lipinski definition) is 2. The molecule has 62 valence electrons. The number of fused-ring (bicyclic) bond motifs is 2. The molecular formula is C10H11NO. The molecule has 1 aromatic rings. The normalized spacial score (nSPS) is 31.7. The Labute approximate surface area is 71.6 Å². The molecule has 3 rings (SSSR count). The number of aryl methyl sites for hydroxylation is 1. The van der Waals surface area contributed by atoms with E-state index in [0.717, 1.165) is 13.0 Å². The highest BCUT2D eigenvalue weighted by molar-refractivity contribution is 5.32. The maximum absolute atomic E-state index is 5.52. The van der Waals surface area contributed by atoms with Gasteiger partial charge in [-0.15, -0.1) is 0 Å². The van der Waals surface area contributed by atoms with Crippen molar-refractivity contribution in [3.63, 3.8) is 0 Å². The number of rotatable bonds is 0. The third kappa shape index (κ3) is 0.758. The Kier molecular flexibility index (Phi) is 1.14. The van der Waals surface area contributed by atoms with Crippen LogP contribution in [-0.4, -0.2) is 11.6 Å². The topological polar surface area (TPSA) is 25.4 Å². The quantitative estimate of drug-likeness (QED) is 0.540. The van der Waals surface area contributed by atoms with Gasteiger partial charge in [0.2, 0.25) is 0 Å². The molecule has 12 heavy (non-hydrogen) atoms. The summed E-state index contributed by atoms with van der Waals surface area (Å²) in [5.41, 5.74) is 2.69. The lowest BCUT2D eigenvalue weighted by Crippen LogP contribution is -2.18. The highest BCUT2D eigenvalue weighted by Crippen LogP contribution is 2.46. The van der Waals surface area contributed by atoms with E-state index in [-0.39, 0.29) is 5.60 Å². The fraction of sp³-hybridized carbons (Fsp3) is 0.500. The molecule has 1 spiro atoms. The van der Waals surface area contributed by atoms with Gasteiger partial charge in [-0.25, -0.2) is 0 Å². The molecule has 1 aliphatic heterocycles. The number of hydrogen-bond donors (Lipinski definition) is 0. The van der Waals surface area contributed by atoms with E-state index < -0.39 is 0 Å². The molecule has 0 bridgehead atoms. The molecule has 0 radical (unpaired) electrons. The lowest BCUT2D eigenvalue weighted by molar-refractivity contribution is 0.275. The SMILES string of the molecule is c1cnc2c(c1)C1(CCC2)CO1. The summed E-state index contributed by atoms with van der Waals surface area (Å²) in [4.78, 5) is 4.37. The van der Waals surface area contributed by atoms with Crippen LogP contribution in [0, 0.1) is 0 Å². The lowest BCUT2D eigenvalue weighted by Gasteiger charge is -2.20. The van der Waals surface area contributed by atoms with Gasteiger partial charge in [0, 0.05) is 17.5 Å². The lowest BCUT2D eigenvalue weighted by atomic mass is 9.86. The average Bonchev–Trinajstić information content (AvgIpc) is 2.87. The summed E-state index contributed by atoms with van der Waals surface area (Å²) in [6.07, 6.45) is 5.41. The van der Waals surface area contributed by atoms with Crippen LogP contribution >= 0.6 is 0 Å². The zero-order valence-electron chi connectivity index (χ0n) is 6.92. The zero-order valence-corrected chi connectivity index (χ0v) is 6.92. The second-order valence-corrected chi connectivity index (χ2v) is 3.63. The molecule has 0 saturated carbocycles. The van der Waals surface area contributed by atoms with Gasteiger partial charge < -0.3 is 4.74 Å². The number of aromatic nitrogens is 1. The van der Waals surface area contributed by atoms with Gasteiger partial charge in [-0.3, -0.25) is 4.98 Å². The van der Waals surface area contributed by atoms with Crippen LogP contribution in [0.2, 0.25) is 0 Å². The van der Waals surface area contributed by atoms with Gasteiger partial charge in [-0.05, 0) is 25.3 Å². The Hall–Kier alpha value is -0.890. The smallest absolute Gasteiger partial charge is 0.118 e. The standard InChI is InChI=1S/C10H11NO/c1-4-9-8(3-2-6-11-9)10(5-1)7-12-10/h2-3,6H,1,4-5,7H2. The third-order valence-corrected chi connectivity index (χ3v) is 2.87. The summed E-state index contributed by atoms with van der Waals surface area (Å²) in [6, 6.07) is 4.17. The Bertz CT molecular complexity index is 317. The maximum Gasteiger partial charge on any atom is 0.118 e. The molecule has 1 atom stereocenters.